The molecule has 1 heterocycles. The van der Waals surface area contributed by atoms with Crippen molar-refractivity contribution in [1.82, 2.24) is 15.3 Å². The summed E-state index contributed by atoms with van der Waals surface area (Å²) in [6.45, 7) is 7.30. The molecule has 1 fully saturated rings. The van der Waals surface area contributed by atoms with E-state index >= 15 is 0 Å². The molecule has 1 aromatic heterocycles. The van der Waals surface area contributed by atoms with Crippen molar-refractivity contribution in [3.63, 3.8) is 0 Å². The number of hydrogen-bond donors (Lipinski definition) is 2. The smallest absolute Gasteiger partial charge is 0.271 e. The van der Waals surface area contributed by atoms with Gasteiger partial charge in [0.1, 0.15) is 11.5 Å². The van der Waals surface area contributed by atoms with E-state index in [1.165, 1.54) is 19.0 Å². The van der Waals surface area contributed by atoms with Crippen LogP contribution in [-0.4, -0.2) is 28.5 Å². The molecule has 2 rings (SSSR count). The van der Waals surface area contributed by atoms with Crippen molar-refractivity contribution in [2.45, 2.75) is 52.5 Å². The standard InChI is InChI=1S/C15H24N4O/c1-4-16-13-10-17-12(9-18-13)14(20)19-11-6-5-7-15(2,3)8-11/h9-11H,4-8H2,1-3H3,(H,16,18)(H,19,20). The molecule has 0 spiro atoms. The molecule has 0 aromatic carbocycles. The molecular weight excluding hydrogens is 252 g/mol. The lowest BCUT2D eigenvalue weighted by Crippen LogP contribution is -2.41. The largest absolute Gasteiger partial charge is 0.369 e. The second kappa shape index (κ2) is 6.20. The van der Waals surface area contributed by atoms with Crippen molar-refractivity contribution < 1.29 is 4.79 Å². The van der Waals surface area contributed by atoms with E-state index in [0.717, 1.165) is 19.4 Å². The first kappa shape index (κ1) is 14.8. The molecule has 1 amide bonds. The molecule has 1 aliphatic carbocycles. The van der Waals surface area contributed by atoms with E-state index in [2.05, 4.69) is 34.4 Å². The monoisotopic (exact) mass is 276 g/mol. The average Bonchev–Trinajstić information content (AvgIpc) is 2.38. The number of carbonyl (C=O) groups is 1. The van der Waals surface area contributed by atoms with E-state index in [-0.39, 0.29) is 11.9 Å². The van der Waals surface area contributed by atoms with Gasteiger partial charge in [0, 0.05) is 12.6 Å². The first-order valence-electron chi connectivity index (χ1n) is 7.37. The summed E-state index contributed by atoms with van der Waals surface area (Å²) in [6.07, 6.45) is 7.61. The number of nitrogens with zero attached hydrogens (tertiary/aromatic N) is 2. The van der Waals surface area contributed by atoms with Gasteiger partial charge in [0.05, 0.1) is 12.4 Å². The fourth-order valence-electron chi connectivity index (χ4n) is 2.80. The highest BCUT2D eigenvalue weighted by molar-refractivity contribution is 5.92. The summed E-state index contributed by atoms with van der Waals surface area (Å²) >= 11 is 0. The zero-order valence-electron chi connectivity index (χ0n) is 12.6. The van der Waals surface area contributed by atoms with Crippen LogP contribution in [0.4, 0.5) is 5.82 Å². The van der Waals surface area contributed by atoms with Crippen LogP contribution >= 0.6 is 0 Å². The van der Waals surface area contributed by atoms with Gasteiger partial charge < -0.3 is 10.6 Å². The maximum atomic E-state index is 12.2. The minimum absolute atomic E-state index is 0.122. The van der Waals surface area contributed by atoms with Crippen LogP contribution in [0, 0.1) is 5.41 Å². The SMILES string of the molecule is CCNc1cnc(C(=O)NC2CCCC(C)(C)C2)cn1. The fraction of sp³-hybridized carbons (Fsp3) is 0.667. The third-order valence-electron chi connectivity index (χ3n) is 3.78. The van der Waals surface area contributed by atoms with Crippen molar-refractivity contribution in [1.29, 1.82) is 0 Å². The van der Waals surface area contributed by atoms with Crippen LogP contribution in [0.15, 0.2) is 12.4 Å². The molecule has 1 aliphatic rings. The Bertz CT molecular complexity index is 455. The molecule has 0 saturated heterocycles. The normalized spacial score (nSPS) is 21.2. The van der Waals surface area contributed by atoms with Gasteiger partial charge in [-0.2, -0.15) is 0 Å². The van der Waals surface area contributed by atoms with Gasteiger partial charge >= 0.3 is 0 Å². The zero-order valence-corrected chi connectivity index (χ0v) is 12.6. The number of hydrogen-bond acceptors (Lipinski definition) is 4. The Morgan fingerprint density at radius 2 is 2.20 bits per heavy atom. The first-order valence-corrected chi connectivity index (χ1v) is 7.37. The summed E-state index contributed by atoms with van der Waals surface area (Å²) in [5.41, 5.74) is 0.701. The average molecular weight is 276 g/mol. The van der Waals surface area contributed by atoms with E-state index in [1.807, 2.05) is 6.92 Å². The molecule has 0 aliphatic heterocycles. The van der Waals surface area contributed by atoms with Crippen LogP contribution in [0.2, 0.25) is 0 Å². The Hall–Kier alpha value is -1.65. The number of aromatic nitrogens is 2. The van der Waals surface area contributed by atoms with Crippen molar-refractivity contribution >= 4 is 11.7 Å². The van der Waals surface area contributed by atoms with E-state index in [4.69, 9.17) is 0 Å². The second-order valence-corrected chi connectivity index (χ2v) is 6.25. The van der Waals surface area contributed by atoms with Crippen LogP contribution in [0.3, 0.4) is 0 Å². The van der Waals surface area contributed by atoms with E-state index in [1.54, 1.807) is 6.20 Å². The van der Waals surface area contributed by atoms with Crippen LogP contribution in [0.25, 0.3) is 0 Å². The second-order valence-electron chi connectivity index (χ2n) is 6.25. The molecule has 5 nitrogen and oxygen atoms in total. The molecule has 1 saturated carbocycles. The summed E-state index contributed by atoms with van der Waals surface area (Å²) in [7, 11) is 0. The quantitative estimate of drug-likeness (QED) is 0.887. The molecule has 1 atom stereocenters. The Labute approximate surface area is 120 Å². The minimum atomic E-state index is -0.122. The Balaban J connectivity index is 1.94. The number of carbonyl (C=O) groups excluding carboxylic acids is 1. The number of amides is 1. The first-order chi connectivity index (χ1) is 9.50. The van der Waals surface area contributed by atoms with Crippen LogP contribution < -0.4 is 10.6 Å². The van der Waals surface area contributed by atoms with Crippen molar-refractivity contribution in [3.05, 3.63) is 18.1 Å². The predicted molar refractivity (Wildman–Crippen MR) is 79.7 cm³/mol. The molecule has 110 valence electrons. The lowest BCUT2D eigenvalue weighted by Gasteiger charge is -2.35. The van der Waals surface area contributed by atoms with Crippen LogP contribution in [0.1, 0.15) is 56.9 Å². The van der Waals surface area contributed by atoms with Gasteiger partial charge in [-0.25, -0.2) is 9.97 Å². The highest BCUT2D eigenvalue weighted by atomic mass is 16.1. The van der Waals surface area contributed by atoms with Crippen LogP contribution in [0.5, 0.6) is 0 Å². The van der Waals surface area contributed by atoms with E-state index in [9.17, 15) is 4.79 Å². The number of nitrogens with one attached hydrogen (secondary N) is 2. The Kier molecular flexibility index (Phi) is 4.57. The molecule has 0 radical (unpaired) electrons. The van der Waals surface area contributed by atoms with E-state index in [0.29, 0.717) is 16.9 Å². The van der Waals surface area contributed by atoms with Gasteiger partial charge in [0.15, 0.2) is 0 Å². The maximum absolute atomic E-state index is 12.2. The van der Waals surface area contributed by atoms with Gasteiger partial charge in [-0.05, 0) is 31.6 Å². The van der Waals surface area contributed by atoms with Crippen molar-refractivity contribution in [2.24, 2.45) is 5.41 Å². The minimum Gasteiger partial charge on any atom is -0.369 e. The van der Waals surface area contributed by atoms with Gasteiger partial charge in [-0.1, -0.05) is 20.3 Å². The van der Waals surface area contributed by atoms with Gasteiger partial charge in [-0.15, -0.1) is 0 Å². The third kappa shape index (κ3) is 3.92. The molecule has 5 heteroatoms. The summed E-state index contributed by atoms with van der Waals surface area (Å²) in [6, 6.07) is 0.251. The van der Waals surface area contributed by atoms with Crippen molar-refractivity contribution in [3.8, 4) is 0 Å². The maximum Gasteiger partial charge on any atom is 0.271 e. The summed E-state index contributed by atoms with van der Waals surface area (Å²) in [4.78, 5) is 20.5. The third-order valence-corrected chi connectivity index (χ3v) is 3.78. The fourth-order valence-corrected chi connectivity index (χ4v) is 2.80. The summed E-state index contributed by atoms with van der Waals surface area (Å²) in [5.74, 6) is 0.575. The lowest BCUT2D eigenvalue weighted by molar-refractivity contribution is 0.0897. The molecule has 20 heavy (non-hydrogen) atoms. The van der Waals surface area contributed by atoms with Gasteiger partial charge in [-0.3, -0.25) is 4.79 Å². The van der Waals surface area contributed by atoms with Gasteiger partial charge in [0.25, 0.3) is 5.91 Å². The van der Waals surface area contributed by atoms with E-state index < -0.39 is 0 Å². The van der Waals surface area contributed by atoms with Crippen molar-refractivity contribution in [2.75, 3.05) is 11.9 Å². The molecule has 1 aromatic rings. The highest BCUT2D eigenvalue weighted by Gasteiger charge is 2.29. The summed E-state index contributed by atoms with van der Waals surface area (Å²) in [5, 5.41) is 6.14. The topological polar surface area (TPSA) is 66.9 Å². The van der Waals surface area contributed by atoms with Crippen LogP contribution in [-0.2, 0) is 0 Å². The Morgan fingerprint density at radius 1 is 1.40 bits per heavy atom. The van der Waals surface area contributed by atoms with Gasteiger partial charge in [0.2, 0.25) is 0 Å². The highest BCUT2D eigenvalue weighted by Crippen LogP contribution is 2.35. The molecule has 0 bridgehead atoms. The molecule has 2 N–H and O–H groups in total. The molecule has 1 unspecified atom stereocenters. The summed E-state index contributed by atoms with van der Waals surface area (Å²) < 4.78 is 0. The predicted octanol–water partition coefficient (Wildman–Crippen LogP) is 2.61. The lowest BCUT2D eigenvalue weighted by atomic mass is 9.75. The molecular formula is C15H24N4O. The zero-order chi connectivity index (χ0) is 14.6. The number of anilines is 1. The number of rotatable bonds is 4. The Morgan fingerprint density at radius 3 is 2.80 bits per heavy atom.